The van der Waals surface area contributed by atoms with Gasteiger partial charge in [0.25, 0.3) is 0 Å². The smallest absolute Gasteiger partial charge is 0.165 e. The van der Waals surface area contributed by atoms with Crippen molar-refractivity contribution in [1.82, 2.24) is 4.90 Å². The lowest BCUT2D eigenvalue weighted by Crippen LogP contribution is -2.64. The van der Waals surface area contributed by atoms with Crippen molar-refractivity contribution in [2.24, 2.45) is 5.89 Å². The normalized spacial score (nSPS) is 50.0. The van der Waals surface area contributed by atoms with Gasteiger partial charge in [0.15, 0.2) is 11.5 Å². The molecule has 2 unspecified atom stereocenters. The molecule has 22 heavy (non-hydrogen) atoms. The van der Waals surface area contributed by atoms with Gasteiger partial charge >= 0.3 is 0 Å². The van der Waals surface area contributed by atoms with E-state index in [1.54, 1.807) is 13.1 Å². The van der Waals surface area contributed by atoms with Crippen LogP contribution in [0.25, 0.3) is 0 Å². The first-order chi connectivity index (χ1) is 12.6. The van der Waals surface area contributed by atoms with Crippen LogP contribution >= 0.6 is 0 Å². The predicted octanol–water partition coefficient (Wildman–Crippen LogP) is 1.50. The number of aliphatic hydroxyl groups excluding tert-OH is 1. The Morgan fingerprint density at radius 3 is 3.23 bits per heavy atom. The number of hydrogen-bond acceptors (Lipinski definition) is 4. The van der Waals surface area contributed by atoms with Gasteiger partial charge in [-0.25, -0.2) is 0 Å². The van der Waals surface area contributed by atoms with Gasteiger partial charge in [0, 0.05) is 27.0 Å². The summed E-state index contributed by atoms with van der Waals surface area (Å²) < 4.78 is 55.5. The van der Waals surface area contributed by atoms with Gasteiger partial charge in [-0.2, -0.15) is 0 Å². The molecule has 0 amide bonds. The summed E-state index contributed by atoms with van der Waals surface area (Å²) in [5.74, 6) is -1.08. The first-order valence-electron chi connectivity index (χ1n) is 10.1. The van der Waals surface area contributed by atoms with Crippen molar-refractivity contribution in [2.75, 3.05) is 20.7 Å². The zero-order valence-corrected chi connectivity index (χ0v) is 12.5. The zero-order valence-electron chi connectivity index (χ0n) is 17.5. The number of rotatable bonds is 1. The highest BCUT2D eigenvalue weighted by Gasteiger charge is 2.64. The van der Waals surface area contributed by atoms with Crippen molar-refractivity contribution in [1.29, 1.82) is 0 Å². The molecule has 1 N–H and O–H groups in total. The third-order valence-electron chi connectivity index (χ3n) is 5.54. The lowest BCUT2D eigenvalue weighted by atomic mass is 9.53. The molecule has 1 aromatic rings. The standard InChI is InChI=1S/C18H21NO3/c1-19-8-7-18-11-4-5-13(20)17(18)22-16-14(21-2)6-3-10(15(16)18)9-12(11)19/h3-6,11-13,17,20H,7-9H2,1-2H3/t11-,12+,13?,17?,18-/m0/s1/i3D,6D,9D2,11D. The Hall–Kier alpha value is -1.52. The molecule has 4 aliphatic rings. The molecule has 5 atom stereocenters. The van der Waals surface area contributed by atoms with Crippen LogP contribution in [0.2, 0.25) is 0 Å². The Morgan fingerprint density at radius 1 is 1.55 bits per heavy atom. The quantitative estimate of drug-likeness (QED) is 0.799. The summed E-state index contributed by atoms with van der Waals surface area (Å²) in [4.78, 5) is 1.82. The lowest BCUT2D eigenvalue weighted by Gasteiger charge is -2.56. The van der Waals surface area contributed by atoms with Gasteiger partial charge in [-0.3, -0.25) is 0 Å². The highest BCUT2D eigenvalue weighted by Crippen LogP contribution is 2.62. The maximum atomic E-state index is 10.7. The van der Waals surface area contributed by atoms with Crippen LogP contribution in [0.4, 0.5) is 0 Å². The molecular formula is C18H21NO3. The first-order valence-corrected chi connectivity index (χ1v) is 7.59. The van der Waals surface area contributed by atoms with Gasteiger partial charge in [0.2, 0.25) is 0 Å². The summed E-state index contributed by atoms with van der Waals surface area (Å²) in [6, 6.07) is -1.32. The second-order valence-electron chi connectivity index (χ2n) is 6.45. The summed E-state index contributed by atoms with van der Waals surface area (Å²) in [5, 5.41) is 10.7. The molecule has 0 saturated carbocycles. The molecule has 116 valence electrons. The zero-order chi connectivity index (χ0) is 19.5. The van der Waals surface area contributed by atoms with Gasteiger partial charge in [-0.15, -0.1) is 0 Å². The number of ether oxygens (including phenoxy) is 2. The molecule has 0 radical (unpaired) electrons. The van der Waals surface area contributed by atoms with E-state index in [9.17, 15) is 6.48 Å². The van der Waals surface area contributed by atoms with Crippen LogP contribution in [0.5, 0.6) is 11.5 Å². The Morgan fingerprint density at radius 2 is 2.41 bits per heavy atom. The molecule has 2 bridgehead atoms. The van der Waals surface area contributed by atoms with E-state index >= 15 is 0 Å². The second kappa shape index (κ2) is 4.06. The molecule has 2 heterocycles. The van der Waals surface area contributed by atoms with E-state index in [0.717, 1.165) is 0 Å². The van der Waals surface area contributed by atoms with E-state index in [2.05, 4.69) is 0 Å². The van der Waals surface area contributed by atoms with Gasteiger partial charge in [-0.1, -0.05) is 18.2 Å². The third-order valence-corrected chi connectivity index (χ3v) is 5.54. The van der Waals surface area contributed by atoms with Crippen LogP contribution in [-0.2, 0) is 11.8 Å². The summed E-state index contributed by atoms with van der Waals surface area (Å²) in [5.41, 5.74) is -0.434. The fourth-order valence-corrected chi connectivity index (χ4v) is 4.54. The van der Waals surface area contributed by atoms with E-state index in [1.807, 2.05) is 4.90 Å². The molecule has 2 aliphatic carbocycles. The molecule has 1 fully saturated rings. The summed E-state index contributed by atoms with van der Waals surface area (Å²) in [7, 11) is 3.17. The fourth-order valence-electron chi connectivity index (χ4n) is 4.54. The Balaban J connectivity index is 1.99. The van der Waals surface area contributed by atoms with Crippen molar-refractivity contribution >= 4 is 0 Å². The van der Waals surface area contributed by atoms with Gasteiger partial charge in [-0.05, 0) is 38.0 Å². The number of hydrogen-bond donors (Lipinski definition) is 1. The number of aliphatic hydroxyl groups is 1. The number of methoxy groups -OCH3 is 1. The Labute approximate surface area is 137 Å². The predicted molar refractivity (Wildman–Crippen MR) is 82.5 cm³/mol. The highest BCUT2D eigenvalue weighted by atomic mass is 16.5. The Kier molecular flexibility index (Phi) is 1.65. The van der Waals surface area contributed by atoms with Crippen molar-refractivity contribution in [3.05, 3.63) is 35.4 Å². The number of benzene rings is 1. The fraction of sp³-hybridized carbons (Fsp3) is 0.556. The molecule has 2 aliphatic heterocycles. The second-order valence-corrected chi connectivity index (χ2v) is 6.45. The molecule has 1 aromatic carbocycles. The van der Waals surface area contributed by atoms with E-state index in [1.165, 1.54) is 13.2 Å². The van der Waals surface area contributed by atoms with Crippen molar-refractivity contribution in [2.45, 2.75) is 36.5 Å². The van der Waals surface area contributed by atoms with Crippen LogP contribution < -0.4 is 9.47 Å². The maximum Gasteiger partial charge on any atom is 0.165 e. The molecule has 1 spiro atoms. The number of nitrogens with zero attached hydrogens (tertiary/aromatic N) is 1. The summed E-state index contributed by atoms with van der Waals surface area (Å²) >= 11 is 0. The minimum atomic E-state index is -2.03. The van der Waals surface area contributed by atoms with Crippen LogP contribution in [0.3, 0.4) is 0 Å². The van der Waals surface area contributed by atoms with E-state index in [0.29, 0.717) is 18.5 Å². The highest BCUT2D eigenvalue weighted by molar-refractivity contribution is 5.62. The van der Waals surface area contributed by atoms with Crippen LogP contribution in [0.15, 0.2) is 24.2 Å². The third kappa shape index (κ3) is 1.28. The minimum absolute atomic E-state index is 0.0743. The first kappa shape index (κ1) is 8.94. The summed E-state index contributed by atoms with van der Waals surface area (Å²) in [6.45, 7) is 0.544. The van der Waals surface area contributed by atoms with Gasteiger partial charge in [0.1, 0.15) is 12.2 Å². The van der Waals surface area contributed by atoms with Gasteiger partial charge in [0.05, 0.1) is 9.85 Å². The van der Waals surface area contributed by atoms with E-state index < -0.39 is 35.9 Å². The van der Waals surface area contributed by atoms with Crippen molar-refractivity contribution in [3.63, 3.8) is 0 Å². The minimum Gasteiger partial charge on any atom is -0.493 e. The average Bonchev–Trinajstić information content (AvgIpc) is 2.93. The molecule has 4 heteroatoms. The van der Waals surface area contributed by atoms with Crippen molar-refractivity contribution in [3.8, 4) is 11.5 Å². The van der Waals surface area contributed by atoms with Gasteiger partial charge < -0.3 is 19.5 Å². The van der Waals surface area contributed by atoms with Crippen molar-refractivity contribution < 1.29 is 21.4 Å². The number of likely N-dealkylation sites (tertiary alicyclic amines) is 1. The van der Waals surface area contributed by atoms with Crippen LogP contribution in [0.1, 0.15) is 24.4 Å². The average molecular weight is 304 g/mol. The lowest BCUT2D eigenvalue weighted by molar-refractivity contribution is -0.0453. The van der Waals surface area contributed by atoms with E-state index in [4.69, 9.17) is 15.0 Å². The largest absolute Gasteiger partial charge is 0.493 e. The van der Waals surface area contributed by atoms with Crippen LogP contribution in [-0.4, -0.2) is 49.0 Å². The molecule has 0 aromatic heterocycles. The number of likely N-dealkylation sites (N-methyl/N-ethyl adjacent to an activating group) is 1. The SMILES string of the molecule is [2H]c1c([2H])c2c3c(c1OC)OC1C(O)C=C[C@@]4([2H])[C@H](N(C)CC[C@]314)C2([2H])[2H]. The van der Waals surface area contributed by atoms with Crippen LogP contribution in [0, 0.1) is 5.89 Å². The topological polar surface area (TPSA) is 41.9 Å². The monoisotopic (exact) mass is 304 g/mol. The molecule has 4 nitrogen and oxygen atoms in total. The number of piperidine rings is 1. The molecule has 1 saturated heterocycles. The van der Waals surface area contributed by atoms with E-state index in [-0.39, 0.29) is 29.1 Å². The maximum absolute atomic E-state index is 10.7. The molecule has 5 rings (SSSR count). The molecular weight excluding hydrogens is 278 g/mol. The summed E-state index contributed by atoms with van der Waals surface area (Å²) in [6.07, 6.45) is -0.135. The Bertz CT molecular complexity index is 906.